The van der Waals surface area contributed by atoms with Crippen LogP contribution in [0.2, 0.25) is 0 Å². The second-order valence-corrected chi connectivity index (χ2v) is 5.07. The average molecular weight is 323 g/mol. The Hall–Kier alpha value is -2.50. The molecule has 0 radical (unpaired) electrons. The van der Waals surface area contributed by atoms with Crippen molar-refractivity contribution in [3.8, 4) is 16.9 Å². The molecule has 0 aliphatic rings. The van der Waals surface area contributed by atoms with Crippen LogP contribution in [0.5, 0.6) is 5.75 Å². The van der Waals surface area contributed by atoms with Gasteiger partial charge in [0, 0.05) is 0 Å². The van der Waals surface area contributed by atoms with Gasteiger partial charge < -0.3 is 10.1 Å². The average Bonchev–Trinajstić information content (AvgIpc) is 2.51. The van der Waals surface area contributed by atoms with Gasteiger partial charge in [0.2, 0.25) is 0 Å². The first kappa shape index (κ1) is 16.9. The van der Waals surface area contributed by atoms with Crippen LogP contribution >= 0.6 is 0 Å². The smallest absolute Gasteiger partial charge is 0.405 e. The Kier molecular flexibility index (Phi) is 5.26. The Morgan fingerprint density at radius 3 is 2.04 bits per heavy atom. The summed E-state index contributed by atoms with van der Waals surface area (Å²) in [7, 11) is 0. The van der Waals surface area contributed by atoms with Gasteiger partial charge in [0.15, 0.2) is 6.61 Å². The summed E-state index contributed by atoms with van der Waals surface area (Å²) in [5.41, 5.74) is 3.20. The molecule has 1 N–H and O–H groups in total. The highest BCUT2D eigenvalue weighted by atomic mass is 19.4. The van der Waals surface area contributed by atoms with E-state index in [1.165, 1.54) is 5.56 Å². The molecule has 0 saturated heterocycles. The number of carbonyl (C=O) groups is 1. The van der Waals surface area contributed by atoms with Gasteiger partial charge in [-0.25, -0.2) is 0 Å². The van der Waals surface area contributed by atoms with Crippen molar-refractivity contribution in [2.45, 2.75) is 13.1 Å². The third-order valence-electron chi connectivity index (χ3n) is 3.10. The van der Waals surface area contributed by atoms with Crippen molar-refractivity contribution >= 4 is 5.91 Å². The Morgan fingerprint density at radius 2 is 1.52 bits per heavy atom. The fourth-order valence-electron chi connectivity index (χ4n) is 1.89. The quantitative estimate of drug-likeness (QED) is 0.911. The number of hydrogen-bond donors (Lipinski definition) is 1. The van der Waals surface area contributed by atoms with E-state index in [4.69, 9.17) is 4.74 Å². The van der Waals surface area contributed by atoms with E-state index in [-0.39, 0.29) is 0 Å². The van der Waals surface area contributed by atoms with Gasteiger partial charge in [-0.1, -0.05) is 42.0 Å². The molecule has 0 atom stereocenters. The molecular formula is C17H16F3NO2. The first-order valence-electron chi connectivity index (χ1n) is 6.97. The van der Waals surface area contributed by atoms with Crippen LogP contribution in [0.15, 0.2) is 48.5 Å². The topological polar surface area (TPSA) is 38.3 Å². The third kappa shape index (κ3) is 5.65. The zero-order chi connectivity index (χ0) is 16.9. The number of hydrogen-bond acceptors (Lipinski definition) is 2. The molecule has 23 heavy (non-hydrogen) atoms. The number of alkyl halides is 3. The Balaban J connectivity index is 1.88. The van der Waals surface area contributed by atoms with Gasteiger partial charge in [-0.3, -0.25) is 4.79 Å². The van der Waals surface area contributed by atoms with Crippen LogP contribution in [0.1, 0.15) is 5.56 Å². The highest BCUT2D eigenvalue weighted by Gasteiger charge is 2.27. The van der Waals surface area contributed by atoms with Gasteiger partial charge in [0.05, 0.1) is 0 Å². The van der Waals surface area contributed by atoms with Gasteiger partial charge in [-0.2, -0.15) is 13.2 Å². The molecule has 1 amide bonds. The molecular weight excluding hydrogens is 307 g/mol. The van der Waals surface area contributed by atoms with E-state index in [2.05, 4.69) is 0 Å². The standard InChI is InChI=1S/C17H16F3NO2/c1-12-2-4-13(5-3-12)14-6-8-15(9-7-14)23-10-16(22)21-11-17(18,19)20/h2-9H,10-11H2,1H3,(H,21,22). The maximum Gasteiger partial charge on any atom is 0.405 e. The second-order valence-electron chi connectivity index (χ2n) is 5.07. The van der Waals surface area contributed by atoms with Crippen LogP contribution in [0.3, 0.4) is 0 Å². The van der Waals surface area contributed by atoms with Crippen LogP contribution in [-0.2, 0) is 4.79 Å². The van der Waals surface area contributed by atoms with Crippen molar-refractivity contribution in [2.75, 3.05) is 13.2 Å². The Morgan fingerprint density at radius 1 is 1.00 bits per heavy atom. The number of ether oxygens (including phenoxy) is 1. The molecule has 0 bridgehead atoms. The minimum atomic E-state index is -4.43. The fraction of sp³-hybridized carbons (Fsp3) is 0.235. The van der Waals surface area contributed by atoms with E-state index in [1.54, 1.807) is 17.4 Å². The molecule has 0 unspecified atom stereocenters. The molecule has 3 nitrogen and oxygen atoms in total. The number of aryl methyl sites for hydroxylation is 1. The first-order chi connectivity index (χ1) is 10.8. The van der Waals surface area contributed by atoms with Gasteiger partial charge in [0.25, 0.3) is 5.91 Å². The van der Waals surface area contributed by atoms with Crippen molar-refractivity contribution < 1.29 is 22.7 Å². The van der Waals surface area contributed by atoms with Crippen LogP contribution in [0.25, 0.3) is 11.1 Å². The van der Waals surface area contributed by atoms with E-state index in [0.29, 0.717) is 5.75 Å². The molecule has 0 saturated carbocycles. The molecule has 0 aliphatic heterocycles. The molecule has 0 aromatic heterocycles. The van der Waals surface area contributed by atoms with Crippen LogP contribution in [0, 0.1) is 6.92 Å². The van der Waals surface area contributed by atoms with E-state index in [0.717, 1.165) is 11.1 Å². The minimum absolute atomic E-state index is 0.419. The van der Waals surface area contributed by atoms with Crippen LogP contribution in [0.4, 0.5) is 13.2 Å². The monoisotopic (exact) mass is 323 g/mol. The van der Waals surface area contributed by atoms with Crippen molar-refractivity contribution in [3.05, 3.63) is 54.1 Å². The molecule has 0 aliphatic carbocycles. The minimum Gasteiger partial charge on any atom is -0.484 e. The summed E-state index contributed by atoms with van der Waals surface area (Å²) in [6, 6.07) is 15.0. The molecule has 2 aromatic rings. The highest BCUT2D eigenvalue weighted by molar-refractivity contribution is 5.77. The number of nitrogens with one attached hydrogen (secondary N) is 1. The molecule has 6 heteroatoms. The van der Waals surface area contributed by atoms with E-state index < -0.39 is 25.2 Å². The second kappa shape index (κ2) is 7.17. The predicted molar refractivity (Wildman–Crippen MR) is 81.2 cm³/mol. The molecule has 0 heterocycles. The maximum absolute atomic E-state index is 12.0. The highest BCUT2D eigenvalue weighted by Crippen LogP contribution is 2.22. The van der Waals surface area contributed by atoms with Gasteiger partial charge >= 0.3 is 6.18 Å². The number of carbonyl (C=O) groups excluding carboxylic acids is 1. The molecule has 0 fully saturated rings. The van der Waals surface area contributed by atoms with Gasteiger partial charge in [-0.15, -0.1) is 0 Å². The Labute approximate surface area is 132 Å². The lowest BCUT2D eigenvalue weighted by molar-refractivity contribution is -0.139. The number of benzene rings is 2. The first-order valence-corrected chi connectivity index (χ1v) is 6.97. The van der Waals surface area contributed by atoms with E-state index in [1.807, 2.05) is 43.3 Å². The lowest BCUT2D eigenvalue weighted by Gasteiger charge is -2.10. The number of rotatable bonds is 5. The van der Waals surface area contributed by atoms with Crippen LogP contribution < -0.4 is 10.1 Å². The molecule has 2 aromatic carbocycles. The normalized spacial score (nSPS) is 11.1. The summed E-state index contributed by atoms with van der Waals surface area (Å²) in [6.07, 6.45) is -4.43. The van der Waals surface area contributed by atoms with Gasteiger partial charge in [0.1, 0.15) is 12.3 Å². The molecule has 2 rings (SSSR count). The predicted octanol–water partition coefficient (Wildman–Crippen LogP) is 3.72. The van der Waals surface area contributed by atoms with E-state index in [9.17, 15) is 18.0 Å². The number of halogens is 3. The van der Waals surface area contributed by atoms with Gasteiger partial charge in [-0.05, 0) is 30.2 Å². The summed E-state index contributed by atoms with van der Waals surface area (Å²) in [4.78, 5) is 11.2. The van der Waals surface area contributed by atoms with E-state index >= 15 is 0 Å². The zero-order valence-corrected chi connectivity index (χ0v) is 12.5. The van der Waals surface area contributed by atoms with Crippen molar-refractivity contribution in [1.82, 2.24) is 5.32 Å². The summed E-state index contributed by atoms with van der Waals surface area (Å²) >= 11 is 0. The summed E-state index contributed by atoms with van der Waals surface area (Å²) in [5, 5.41) is 1.75. The summed E-state index contributed by atoms with van der Waals surface area (Å²) in [5.74, 6) is -0.395. The fourth-order valence-corrected chi connectivity index (χ4v) is 1.89. The molecule has 0 spiro atoms. The van der Waals surface area contributed by atoms with Crippen molar-refractivity contribution in [3.63, 3.8) is 0 Å². The van der Waals surface area contributed by atoms with Crippen molar-refractivity contribution in [1.29, 1.82) is 0 Å². The SMILES string of the molecule is Cc1ccc(-c2ccc(OCC(=O)NCC(F)(F)F)cc2)cc1. The largest absolute Gasteiger partial charge is 0.484 e. The maximum atomic E-state index is 12.0. The van der Waals surface area contributed by atoms with Crippen LogP contribution in [-0.4, -0.2) is 25.2 Å². The lowest BCUT2D eigenvalue weighted by atomic mass is 10.0. The zero-order valence-electron chi connectivity index (χ0n) is 12.5. The Bertz CT molecular complexity index is 649. The number of amides is 1. The van der Waals surface area contributed by atoms with Crippen molar-refractivity contribution in [2.24, 2.45) is 0 Å². The lowest BCUT2D eigenvalue weighted by Crippen LogP contribution is -2.36. The summed E-state index contributed by atoms with van der Waals surface area (Å²) in [6.45, 7) is 0.187. The third-order valence-corrected chi connectivity index (χ3v) is 3.10. The summed E-state index contributed by atoms with van der Waals surface area (Å²) < 4.78 is 41.0. The molecule has 122 valence electrons.